The molecule has 78 valence electrons. The lowest BCUT2D eigenvalue weighted by Crippen LogP contribution is -2.18. The summed E-state index contributed by atoms with van der Waals surface area (Å²) in [5.74, 6) is 0. The van der Waals surface area contributed by atoms with Gasteiger partial charge in [0.25, 0.3) is 0 Å². The van der Waals surface area contributed by atoms with Gasteiger partial charge in [0.15, 0.2) is 0 Å². The Balaban J connectivity index is 2.01. The van der Waals surface area contributed by atoms with E-state index in [1.807, 2.05) is 6.92 Å². The van der Waals surface area contributed by atoms with Gasteiger partial charge in [0.2, 0.25) is 0 Å². The summed E-state index contributed by atoms with van der Waals surface area (Å²) in [6, 6.07) is 0.711. The highest BCUT2D eigenvalue weighted by Gasteiger charge is 2.19. The van der Waals surface area contributed by atoms with Crippen molar-refractivity contribution in [2.45, 2.75) is 38.3 Å². The minimum atomic E-state index is 0.210. The molecule has 3 N–H and O–H groups in total. The van der Waals surface area contributed by atoms with Crippen LogP contribution in [0.2, 0.25) is 0 Å². The molecule has 1 aromatic heterocycles. The van der Waals surface area contributed by atoms with Crippen molar-refractivity contribution < 1.29 is 0 Å². The van der Waals surface area contributed by atoms with Crippen LogP contribution < -0.4 is 11.1 Å². The Kier molecular flexibility index (Phi) is 3.15. The zero-order valence-electron chi connectivity index (χ0n) is 8.49. The van der Waals surface area contributed by atoms with Crippen LogP contribution in [0.3, 0.4) is 0 Å². The first kappa shape index (κ1) is 10.1. The Hall–Kier alpha value is -0.450. The molecular formula is C10H17N3S. The summed E-state index contributed by atoms with van der Waals surface area (Å²) in [6.45, 7) is 3.15. The number of nitrogens with one attached hydrogen (secondary N) is 1. The predicted octanol–water partition coefficient (Wildman–Crippen LogP) is 1.46. The summed E-state index contributed by atoms with van der Waals surface area (Å²) >= 11 is 1.76. The lowest BCUT2D eigenvalue weighted by Gasteiger charge is -2.05. The number of hydrogen-bond donors (Lipinski definition) is 2. The summed E-state index contributed by atoms with van der Waals surface area (Å²) in [5, 5.41) is 6.83. The van der Waals surface area contributed by atoms with Crippen LogP contribution >= 0.6 is 11.3 Å². The Morgan fingerprint density at radius 2 is 2.64 bits per heavy atom. The molecule has 2 atom stereocenters. The molecule has 0 aliphatic carbocycles. The number of nitrogens with two attached hydrogens (primary N) is 1. The van der Waals surface area contributed by atoms with Crippen molar-refractivity contribution in [2.24, 2.45) is 5.73 Å². The quantitative estimate of drug-likeness (QED) is 0.796. The number of thiazole rings is 1. The van der Waals surface area contributed by atoms with Crippen molar-refractivity contribution in [3.05, 3.63) is 16.1 Å². The van der Waals surface area contributed by atoms with Crippen molar-refractivity contribution in [3.63, 3.8) is 0 Å². The molecule has 1 aliphatic rings. The first-order chi connectivity index (χ1) is 6.75. The van der Waals surface area contributed by atoms with Gasteiger partial charge in [0.05, 0.1) is 11.7 Å². The van der Waals surface area contributed by atoms with Gasteiger partial charge in [-0.2, -0.15) is 0 Å². The maximum absolute atomic E-state index is 5.74. The summed E-state index contributed by atoms with van der Waals surface area (Å²) in [5.41, 5.74) is 6.88. The fraction of sp³-hybridized carbons (Fsp3) is 0.700. The zero-order chi connectivity index (χ0) is 9.97. The van der Waals surface area contributed by atoms with Crippen LogP contribution in [0.15, 0.2) is 5.38 Å². The molecule has 1 fully saturated rings. The van der Waals surface area contributed by atoms with Crippen LogP contribution in [0.25, 0.3) is 0 Å². The second-order valence-electron chi connectivity index (χ2n) is 4.01. The standard InChI is InChI=1S/C10H17N3S/c1-7(11)5-8-6-14-10(13-8)9-3-2-4-12-9/h6-7,9,12H,2-5,11H2,1H3. The van der Waals surface area contributed by atoms with E-state index in [1.165, 1.54) is 17.8 Å². The lowest BCUT2D eigenvalue weighted by molar-refractivity contribution is 0.636. The van der Waals surface area contributed by atoms with Crippen LogP contribution in [-0.2, 0) is 6.42 Å². The molecule has 1 aliphatic heterocycles. The van der Waals surface area contributed by atoms with Crippen molar-refractivity contribution in [3.8, 4) is 0 Å². The second kappa shape index (κ2) is 4.38. The molecule has 2 heterocycles. The van der Waals surface area contributed by atoms with Crippen LogP contribution in [0.5, 0.6) is 0 Å². The van der Waals surface area contributed by atoms with Crippen LogP contribution in [0, 0.1) is 0 Å². The number of aromatic nitrogens is 1. The third kappa shape index (κ3) is 2.32. The Labute approximate surface area is 88.7 Å². The van der Waals surface area contributed by atoms with Crippen molar-refractivity contribution in [1.82, 2.24) is 10.3 Å². The fourth-order valence-electron chi connectivity index (χ4n) is 1.80. The highest BCUT2D eigenvalue weighted by Crippen LogP contribution is 2.25. The molecule has 0 spiro atoms. The van der Waals surface area contributed by atoms with E-state index in [-0.39, 0.29) is 6.04 Å². The van der Waals surface area contributed by atoms with Gasteiger partial charge in [-0.05, 0) is 26.3 Å². The maximum atomic E-state index is 5.74. The molecular weight excluding hydrogens is 194 g/mol. The molecule has 1 saturated heterocycles. The smallest absolute Gasteiger partial charge is 0.110 e. The van der Waals surface area contributed by atoms with Gasteiger partial charge < -0.3 is 11.1 Å². The van der Waals surface area contributed by atoms with Gasteiger partial charge in [0, 0.05) is 17.8 Å². The zero-order valence-corrected chi connectivity index (χ0v) is 9.31. The van der Waals surface area contributed by atoms with E-state index in [4.69, 9.17) is 5.73 Å². The molecule has 0 saturated carbocycles. The molecule has 14 heavy (non-hydrogen) atoms. The molecule has 1 aromatic rings. The average molecular weight is 211 g/mol. The van der Waals surface area contributed by atoms with E-state index in [2.05, 4.69) is 15.7 Å². The predicted molar refractivity (Wildman–Crippen MR) is 59.4 cm³/mol. The summed E-state index contributed by atoms with van der Waals surface area (Å²) in [4.78, 5) is 4.61. The SMILES string of the molecule is CC(N)Cc1csc(C2CCCN2)n1. The van der Waals surface area contributed by atoms with Crippen molar-refractivity contribution in [2.75, 3.05) is 6.54 Å². The van der Waals surface area contributed by atoms with Crippen LogP contribution in [-0.4, -0.2) is 17.6 Å². The van der Waals surface area contributed by atoms with Gasteiger partial charge >= 0.3 is 0 Å². The summed E-state index contributed by atoms with van der Waals surface area (Å²) < 4.78 is 0. The minimum absolute atomic E-state index is 0.210. The number of hydrogen-bond acceptors (Lipinski definition) is 4. The van der Waals surface area contributed by atoms with E-state index in [0.717, 1.165) is 18.7 Å². The van der Waals surface area contributed by atoms with E-state index in [9.17, 15) is 0 Å². The number of nitrogens with zero attached hydrogens (tertiary/aromatic N) is 1. The van der Waals surface area contributed by atoms with Gasteiger partial charge in [0.1, 0.15) is 5.01 Å². The molecule has 0 amide bonds. The molecule has 4 heteroatoms. The first-order valence-electron chi connectivity index (χ1n) is 5.19. The molecule has 2 unspecified atom stereocenters. The third-order valence-corrected chi connectivity index (χ3v) is 3.47. The van der Waals surface area contributed by atoms with Crippen LogP contribution in [0.1, 0.15) is 36.5 Å². The largest absolute Gasteiger partial charge is 0.328 e. The number of rotatable bonds is 3. The monoisotopic (exact) mass is 211 g/mol. The van der Waals surface area contributed by atoms with Gasteiger partial charge in [-0.25, -0.2) is 4.98 Å². The molecule has 2 rings (SSSR count). The van der Waals surface area contributed by atoms with Crippen molar-refractivity contribution in [1.29, 1.82) is 0 Å². The second-order valence-corrected chi connectivity index (χ2v) is 4.90. The highest BCUT2D eigenvalue weighted by molar-refractivity contribution is 7.09. The molecule has 0 aromatic carbocycles. The normalized spacial score (nSPS) is 24.0. The maximum Gasteiger partial charge on any atom is 0.110 e. The Morgan fingerprint density at radius 3 is 3.29 bits per heavy atom. The Bertz CT molecular complexity index is 289. The topological polar surface area (TPSA) is 50.9 Å². The molecule has 0 bridgehead atoms. The Morgan fingerprint density at radius 1 is 1.79 bits per heavy atom. The van der Waals surface area contributed by atoms with E-state index < -0.39 is 0 Å². The fourth-order valence-corrected chi connectivity index (χ4v) is 2.74. The average Bonchev–Trinajstić information content (AvgIpc) is 2.69. The highest BCUT2D eigenvalue weighted by atomic mass is 32.1. The third-order valence-electron chi connectivity index (χ3n) is 2.46. The van der Waals surface area contributed by atoms with E-state index in [1.54, 1.807) is 11.3 Å². The summed E-state index contributed by atoms with van der Waals surface area (Å²) in [7, 11) is 0. The van der Waals surface area contributed by atoms with Gasteiger partial charge in [-0.3, -0.25) is 0 Å². The summed E-state index contributed by atoms with van der Waals surface area (Å²) in [6.07, 6.45) is 3.39. The minimum Gasteiger partial charge on any atom is -0.328 e. The van der Waals surface area contributed by atoms with Crippen molar-refractivity contribution >= 4 is 11.3 Å². The van der Waals surface area contributed by atoms with Gasteiger partial charge in [-0.1, -0.05) is 0 Å². The van der Waals surface area contributed by atoms with Crippen LogP contribution in [0.4, 0.5) is 0 Å². The first-order valence-corrected chi connectivity index (χ1v) is 6.07. The van der Waals surface area contributed by atoms with E-state index >= 15 is 0 Å². The molecule has 0 radical (unpaired) electrons. The lowest BCUT2D eigenvalue weighted by atomic mass is 10.2. The molecule has 3 nitrogen and oxygen atoms in total. The van der Waals surface area contributed by atoms with Gasteiger partial charge in [-0.15, -0.1) is 11.3 Å². The van der Waals surface area contributed by atoms with E-state index in [0.29, 0.717) is 6.04 Å².